The molecule has 4 aromatic rings. The van der Waals surface area contributed by atoms with Crippen molar-refractivity contribution in [1.82, 2.24) is 0 Å². The third kappa shape index (κ3) is 7.32. The Labute approximate surface area is 317 Å². The van der Waals surface area contributed by atoms with Gasteiger partial charge in [-0.2, -0.15) is 0 Å². The molecule has 276 valence electrons. The number of ether oxygens (including phenoxy) is 3. The van der Waals surface area contributed by atoms with E-state index in [2.05, 4.69) is 154 Å². The van der Waals surface area contributed by atoms with Crippen LogP contribution in [0.5, 0.6) is 11.5 Å². The topological polar surface area (TPSA) is 51.8 Å². The van der Waals surface area contributed by atoms with Gasteiger partial charge in [0.05, 0.1) is 17.7 Å². The van der Waals surface area contributed by atoms with Gasteiger partial charge in [-0.25, -0.2) is 0 Å². The lowest BCUT2D eigenvalue weighted by Crippen LogP contribution is -2.32. The number of aryl methyl sites for hydroxylation is 2. The number of benzene rings is 4. The summed E-state index contributed by atoms with van der Waals surface area (Å²) >= 11 is 0. The van der Waals surface area contributed by atoms with Crippen molar-refractivity contribution in [2.24, 2.45) is 0 Å². The van der Waals surface area contributed by atoms with Crippen LogP contribution in [0.1, 0.15) is 108 Å². The average molecular weight is 709 g/mol. The standard InChI is InChI=1S/C23H25NO2.C21H23NO.C4H8/c1-6-12-25-22-21-16(19-14(2)8-7-9-18(19)26-22)10-11-17-20(21)15(3)13-23(4,5)24-17;1-12-7-6-8-17-18(12)15-9-10-16-19(20(15)14(3)23-17)13(2)11-21(4,5)22-16;1-3-4-2/h6-11,13,22,24H,1,12H2,2-5H3;6-11,14,22H,1-5H3;3H,1,4H2,2H3. The van der Waals surface area contributed by atoms with E-state index < -0.39 is 6.29 Å². The summed E-state index contributed by atoms with van der Waals surface area (Å²) in [5, 5.41) is 7.27. The van der Waals surface area contributed by atoms with Crippen molar-refractivity contribution in [1.29, 1.82) is 0 Å². The second kappa shape index (κ2) is 14.8. The highest BCUT2D eigenvalue weighted by atomic mass is 16.7. The minimum absolute atomic E-state index is 0.0160. The van der Waals surface area contributed by atoms with Crippen LogP contribution in [0.2, 0.25) is 0 Å². The molecule has 0 spiro atoms. The molecule has 0 aliphatic carbocycles. The number of rotatable bonds is 4. The Balaban J connectivity index is 0.000000166. The van der Waals surface area contributed by atoms with E-state index in [1.807, 2.05) is 18.2 Å². The van der Waals surface area contributed by atoms with Gasteiger partial charge in [0.15, 0.2) is 0 Å². The monoisotopic (exact) mass is 708 g/mol. The Morgan fingerprint density at radius 1 is 0.660 bits per heavy atom. The van der Waals surface area contributed by atoms with Gasteiger partial charge in [-0.05, 0) is 126 Å². The molecule has 0 aromatic heterocycles. The van der Waals surface area contributed by atoms with Gasteiger partial charge in [0.25, 0.3) is 0 Å². The van der Waals surface area contributed by atoms with Crippen LogP contribution in [-0.2, 0) is 4.74 Å². The third-order valence-electron chi connectivity index (χ3n) is 10.2. The zero-order valence-corrected chi connectivity index (χ0v) is 33.3. The first-order chi connectivity index (χ1) is 25.2. The summed E-state index contributed by atoms with van der Waals surface area (Å²) in [5.74, 6) is 1.87. The zero-order chi connectivity index (χ0) is 38.2. The fraction of sp³-hybridized carbons (Fsp3) is 0.333. The quantitative estimate of drug-likeness (QED) is 0.207. The van der Waals surface area contributed by atoms with Crippen LogP contribution >= 0.6 is 0 Å². The zero-order valence-electron chi connectivity index (χ0n) is 33.3. The predicted octanol–water partition coefficient (Wildman–Crippen LogP) is 13.2. The number of hydrogen-bond donors (Lipinski definition) is 2. The molecule has 5 heteroatoms. The molecule has 0 amide bonds. The van der Waals surface area contributed by atoms with E-state index in [9.17, 15) is 0 Å². The lowest BCUT2D eigenvalue weighted by molar-refractivity contribution is -0.0739. The fourth-order valence-electron chi connectivity index (χ4n) is 8.26. The van der Waals surface area contributed by atoms with Gasteiger partial charge in [0.2, 0.25) is 6.29 Å². The third-order valence-corrected chi connectivity index (χ3v) is 10.2. The molecule has 2 unspecified atom stereocenters. The minimum Gasteiger partial charge on any atom is -0.485 e. The molecule has 4 aliphatic heterocycles. The van der Waals surface area contributed by atoms with E-state index >= 15 is 0 Å². The van der Waals surface area contributed by atoms with E-state index in [0.717, 1.165) is 34.7 Å². The molecular formula is C48H56N2O3. The molecule has 0 radical (unpaired) electrons. The highest BCUT2D eigenvalue weighted by Gasteiger charge is 2.35. The van der Waals surface area contributed by atoms with Crippen molar-refractivity contribution < 1.29 is 14.2 Å². The summed E-state index contributed by atoms with van der Waals surface area (Å²) in [7, 11) is 0. The first-order valence-electron chi connectivity index (χ1n) is 18.9. The highest BCUT2D eigenvalue weighted by molar-refractivity contribution is 5.91. The maximum atomic E-state index is 6.28. The molecule has 2 atom stereocenters. The number of allylic oxidation sites excluding steroid dienone is 3. The van der Waals surface area contributed by atoms with Gasteiger partial charge >= 0.3 is 0 Å². The van der Waals surface area contributed by atoms with Crippen LogP contribution in [0.4, 0.5) is 11.4 Å². The first-order valence-corrected chi connectivity index (χ1v) is 18.9. The van der Waals surface area contributed by atoms with Gasteiger partial charge in [-0.3, -0.25) is 0 Å². The molecule has 0 saturated heterocycles. The van der Waals surface area contributed by atoms with E-state index in [4.69, 9.17) is 14.2 Å². The van der Waals surface area contributed by atoms with Gasteiger partial charge in [0, 0.05) is 44.8 Å². The molecule has 0 saturated carbocycles. The Kier molecular flexibility index (Phi) is 10.5. The van der Waals surface area contributed by atoms with Crippen molar-refractivity contribution in [3.8, 4) is 33.8 Å². The van der Waals surface area contributed by atoms with Crippen molar-refractivity contribution in [2.75, 3.05) is 17.2 Å². The van der Waals surface area contributed by atoms with E-state index in [-0.39, 0.29) is 17.2 Å². The number of hydrogen-bond acceptors (Lipinski definition) is 5. The van der Waals surface area contributed by atoms with Gasteiger partial charge in [-0.1, -0.05) is 67.6 Å². The van der Waals surface area contributed by atoms with Crippen molar-refractivity contribution in [3.05, 3.63) is 132 Å². The summed E-state index contributed by atoms with van der Waals surface area (Å²) in [4.78, 5) is 0. The second-order valence-corrected chi connectivity index (χ2v) is 15.7. The highest BCUT2D eigenvalue weighted by Crippen LogP contribution is 2.51. The number of fused-ring (bicyclic) bond motifs is 10. The Morgan fingerprint density at radius 3 is 1.62 bits per heavy atom. The van der Waals surface area contributed by atoms with E-state index in [0.29, 0.717) is 6.61 Å². The molecule has 53 heavy (non-hydrogen) atoms. The van der Waals surface area contributed by atoms with Crippen LogP contribution in [0, 0.1) is 13.8 Å². The summed E-state index contributed by atoms with van der Waals surface area (Å²) in [5.41, 5.74) is 17.1. The molecule has 0 fully saturated rings. The smallest absolute Gasteiger partial charge is 0.228 e. The van der Waals surface area contributed by atoms with Gasteiger partial charge in [-0.15, -0.1) is 13.2 Å². The average Bonchev–Trinajstić information content (AvgIpc) is 3.09. The maximum absolute atomic E-state index is 6.28. The van der Waals surface area contributed by atoms with Crippen molar-refractivity contribution >= 4 is 22.5 Å². The molecule has 5 nitrogen and oxygen atoms in total. The maximum Gasteiger partial charge on any atom is 0.228 e. The van der Waals surface area contributed by atoms with Gasteiger partial charge < -0.3 is 24.8 Å². The van der Waals surface area contributed by atoms with E-state index in [1.54, 1.807) is 6.08 Å². The van der Waals surface area contributed by atoms with Crippen molar-refractivity contribution in [3.63, 3.8) is 0 Å². The van der Waals surface area contributed by atoms with E-state index in [1.165, 1.54) is 61.3 Å². The summed E-state index contributed by atoms with van der Waals surface area (Å²) in [6.07, 6.45) is 8.91. The van der Waals surface area contributed by atoms with Crippen LogP contribution in [0.25, 0.3) is 33.4 Å². The lowest BCUT2D eigenvalue weighted by atomic mass is 9.81. The Hall–Kier alpha value is -5.00. The SMILES string of the molecule is C=CCC.C=CCOC1Oc2cccc(C)c2-c2ccc3c(c21)C(C)=CC(C)(C)N3.CC1=CC(C)(C)Nc2ccc3c(c21)C(C)Oc1cccc(C)c1-3. The largest absolute Gasteiger partial charge is 0.485 e. The Morgan fingerprint density at radius 2 is 1.13 bits per heavy atom. The molecule has 8 rings (SSSR count). The van der Waals surface area contributed by atoms with Crippen LogP contribution < -0.4 is 20.1 Å². The molecule has 4 heterocycles. The normalized spacial score (nSPS) is 18.8. The minimum atomic E-state index is -0.446. The Bertz CT molecular complexity index is 2130. The summed E-state index contributed by atoms with van der Waals surface area (Å²) in [6, 6.07) is 21.3. The van der Waals surface area contributed by atoms with Crippen LogP contribution in [0.3, 0.4) is 0 Å². The van der Waals surface area contributed by atoms with Crippen molar-refractivity contribution in [2.45, 2.75) is 99.1 Å². The van der Waals surface area contributed by atoms with Crippen LogP contribution in [0.15, 0.2) is 98.1 Å². The lowest BCUT2D eigenvalue weighted by Gasteiger charge is -2.37. The summed E-state index contributed by atoms with van der Waals surface area (Å²) in [6.45, 7) is 29.3. The van der Waals surface area contributed by atoms with Crippen LogP contribution in [-0.4, -0.2) is 17.7 Å². The second-order valence-electron chi connectivity index (χ2n) is 15.7. The molecule has 0 bridgehead atoms. The molecule has 2 N–H and O–H groups in total. The first kappa shape index (κ1) is 37.7. The molecule has 4 aliphatic rings. The fourth-order valence-corrected chi connectivity index (χ4v) is 8.26. The predicted molar refractivity (Wildman–Crippen MR) is 225 cm³/mol. The van der Waals surface area contributed by atoms with Gasteiger partial charge in [0.1, 0.15) is 17.6 Å². The summed E-state index contributed by atoms with van der Waals surface area (Å²) < 4.78 is 18.6. The number of anilines is 2. The number of nitrogens with one attached hydrogen (secondary N) is 2. The molecule has 4 aromatic carbocycles. The molecular weight excluding hydrogens is 653 g/mol.